The normalized spacial score (nSPS) is 10.0. The quantitative estimate of drug-likeness (QED) is 0.231. The molecular formula is C20H38AgNO3. The van der Waals surface area contributed by atoms with E-state index in [1.54, 1.807) is 0 Å². The maximum Gasteiger partial charge on any atom is 1.00 e. The summed E-state index contributed by atoms with van der Waals surface area (Å²) in [5.41, 5.74) is 5.10. The second kappa shape index (κ2) is 25.7. The number of nitrogens with two attached hydrogens (primary N) is 1. The number of carbonyl (C=O) groups is 2. The van der Waals surface area contributed by atoms with Crippen molar-refractivity contribution in [2.24, 2.45) is 5.73 Å². The zero-order valence-corrected chi connectivity index (χ0v) is 17.6. The summed E-state index contributed by atoms with van der Waals surface area (Å²) < 4.78 is 0. The van der Waals surface area contributed by atoms with Gasteiger partial charge >= 0.3 is 22.4 Å². The number of carboxylic acid groups (broad SMARTS) is 1. The summed E-state index contributed by atoms with van der Waals surface area (Å²) >= 11 is 0. The minimum atomic E-state index is -1.08. The number of unbranched alkanes of at least 4 members (excludes halogenated alkanes) is 11. The molecule has 0 aliphatic rings. The third kappa shape index (κ3) is 39.9. The summed E-state index contributed by atoms with van der Waals surface area (Å²) in [6.45, 7) is 3.24. The number of carbonyl (C=O) groups excluding carboxylic acids is 2. The first-order chi connectivity index (χ1) is 11.5. The van der Waals surface area contributed by atoms with Crippen molar-refractivity contribution in [2.75, 3.05) is 0 Å². The summed E-state index contributed by atoms with van der Waals surface area (Å²) in [6.07, 6.45) is 21.9. The Morgan fingerprint density at radius 1 is 0.800 bits per heavy atom. The molecule has 0 aromatic carbocycles. The summed E-state index contributed by atoms with van der Waals surface area (Å²) in [6, 6.07) is 0. The van der Waals surface area contributed by atoms with Gasteiger partial charge in [0.15, 0.2) is 0 Å². The first-order valence-corrected chi connectivity index (χ1v) is 9.61. The molecule has 5 heteroatoms. The third-order valence-corrected chi connectivity index (χ3v) is 3.68. The Balaban J connectivity index is -0.000000867. The average Bonchev–Trinajstić information content (AvgIpc) is 2.50. The van der Waals surface area contributed by atoms with Gasteiger partial charge < -0.3 is 15.6 Å². The van der Waals surface area contributed by atoms with Crippen molar-refractivity contribution in [3.05, 3.63) is 12.2 Å². The van der Waals surface area contributed by atoms with Crippen LogP contribution in [-0.2, 0) is 32.0 Å². The van der Waals surface area contributed by atoms with Gasteiger partial charge in [0.2, 0.25) is 5.91 Å². The number of allylic oxidation sites excluding steroid dienone is 2. The van der Waals surface area contributed by atoms with E-state index in [2.05, 4.69) is 19.1 Å². The van der Waals surface area contributed by atoms with E-state index in [-0.39, 0.29) is 28.3 Å². The van der Waals surface area contributed by atoms with Gasteiger partial charge in [0.25, 0.3) is 0 Å². The van der Waals surface area contributed by atoms with Crippen molar-refractivity contribution < 1.29 is 37.1 Å². The number of hydrogen-bond acceptors (Lipinski definition) is 3. The van der Waals surface area contributed by atoms with Crippen LogP contribution < -0.4 is 10.8 Å². The fourth-order valence-corrected chi connectivity index (χ4v) is 2.37. The van der Waals surface area contributed by atoms with Crippen LogP contribution in [-0.4, -0.2) is 11.9 Å². The number of carboxylic acids is 1. The predicted octanol–water partition coefficient (Wildman–Crippen LogP) is 4.26. The summed E-state index contributed by atoms with van der Waals surface area (Å²) in [5, 5.41) is 8.89. The van der Waals surface area contributed by atoms with E-state index in [1.165, 1.54) is 70.6 Å². The topological polar surface area (TPSA) is 83.2 Å². The molecule has 0 fully saturated rings. The predicted molar refractivity (Wildman–Crippen MR) is 99.3 cm³/mol. The molecule has 0 saturated carbocycles. The first kappa shape index (κ1) is 29.2. The molecule has 0 saturated heterocycles. The van der Waals surface area contributed by atoms with Crippen LogP contribution in [0.1, 0.15) is 104 Å². The molecule has 0 aliphatic carbocycles. The van der Waals surface area contributed by atoms with Crippen molar-refractivity contribution in [1.29, 1.82) is 0 Å². The van der Waals surface area contributed by atoms with Crippen LogP contribution in [0.3, 0.4) is 0 Å². The zero-order valence-electron chi connectivity index (χ0n) is 16.2. The smallest absolute Gasteiger partial charge is 0.550 e. The van der Waals surface area contributed by atoms with Gasteiger partial charge in [0, 0.05) is 12.4 Å². The van der Waals surface area contributed by atoms with Crippen LogP contribution in [0.2, 0.25) is 0 Å². The summed E-state index contributed by atoms with van der Waals surface area (Å²) in [7, 11) is 0. The zero-order chi connectivity index (χ0) is 18.5. The van der Waals surface area contributed by atoms with E-state index in [1.807, 2.05) is 0 Å². The molecule has 0 aromatic rings. The number of hydrogen-bond donors (Lipinski definition) is 1. The minimum absolute atomic E-state index is 0. The number of amides is 1. The Bertz CT molecular complexity index is 316. The Kier molecular flexibility index (Phi) is 30.0. The van der Waals surface area contributed by atoms with E-state index in [0.29, 0.717) is 6.42 Å². The van der Waals surface area contributed by atoms with Crippen LogP contribution in [0, 0.1) is 0 Å². The molecule has 4 nitrogen and oxygen atoms in total. The van der Waals surface area contributed by atoms with E-state index in [4.69, 9.17) is 15.6 Å². The maximum atomic E-state index is 10.5. The number of aliphatic carboxylic acids is 1. The monoisotopic (exact) mass is 447 g/mol. The van der Waals surface area contributed by atoms with Gasteiger partial charge in [0.05, 0.1) is 0 Å². The molecule has 0 atom stereocenters. The molecule has 1 amide bonds. The second-order valence-electron chi connectivity index (χ2n) is 6.29. The molecule has 152 valence electrons. The minimum Gasteiger partial charge on any atom is -0.550 e. The summed E-state index contributed by atoms with van der Waals surface area (Å²) in [4.78, 5) is 19.4. The van der Waals surface area contributed by atoms with E-state index in [9.17, 15) is 4.79 Å². The Labute approximate surface area is 170 Å². The Hall–Kier alpha value is -0.580. The van der Waals surface area contributed by atoms with Gasteiger partial charge in [-0.2, -0.15) is 0 Å². The van der Waals surface area contributed by atoms with Crippen molar-refractivity contribution in [1.82, 2.24) is 0 Å². The van der Waals surface area contributed by atoms with Gasteiger partial charge in [-0.25, -0.2) is 0 Å². The summed E-state index contributed by atoms with van der Waals surface area (Å²) in [5.74, 6) is -1.25. The Morgan fingerprint density at radius 2 is 1.16 bits per heavy atom. The molecule has 0 unspecified atom stereocenters. The standard InChI is InChI=1S/C18H35NO.C2H4O2.Ag/c1-2-3-4-5-6-7-8-9-10-11-12-13-14-15-16-17-18(19)20;1-2(3)4;/h9-10H,2-8,11-17H2,1H3,(H2,19,20);1H3,(H,3,4);/q;;+1/p-1/b10-9-;;. The fourth-order valence-electron chi connectivity index (χ4n) is 2.37. The van der Waals surface area contributed by atoms with Gasteiger partial charge in [-0.15, -0.1) is 0 Å². The third-order valence-electron chi connectivity index (χ3n) is 3.68. The van der Waals surface area contributed by atoms with Crippen LogP contribution in [0.15, 0.2) is 12.2 Å². The van der Waals surface area contributed by atoms with Crippen LogP contribution in [0.5, 0.6) is 0 Å². The molecule has 0 rings (SSSR count). The molecular weight excluding hydrogens is 410 g/mol. The van der Waals surface area contributed by atoms with Crippen LogP contribution in [0.4, 0.5) is 0 Å². The SMILES string of the molecule is CC(=O)[O-].CCCCCCCC/C=C\CCCCCCCC(N)=O.[Ag+]. The molecule has 0 aromatic heterocycles. The largest absolute Gasteiger partial charge is 1.00 e. The second-order valence-corrected chi connectivity index (χ2v) is 6.29. The van der Waals surface area contributed by atoms with Crippen molar-refractivity contribution in [3.63, 3.8) is 0 Å². The van der Waals surface area contributed by atoms with Crippen molar-refractivity contribution in [3.8, 4) is 0 Å². The van der Waals surface area contributed by atoms with Crippen LogP contribution in [0.25, 0.3) is 0 Å². The van der Waals surface area contributed by atoms with E-state index in [0.717, 1.165) is 19.8 Å². The van der Waals surface area contributed by atoms with Crippen molar-refractivity contribution in [2.45, 2.75) is 104 Å². The van der Waals surface area contributed by atoms with Crippen molar-refractivity contribution >= 4 is 11.9 Å². The van der Waals surface area contributed by atoms with E-state index < -0.39 is 5.97 Å². The molecule has 0 heterocycles. The average molecular weight is 448 g/mol. The van der Waals surface area contributed by atoms with Gasteiger partial charge in [-0.05, 0) is 39.0 Å². The Morgan fingerprint density at radius 3 is 1.56 bits per heavy atom. The molecule has 0 bridgehead atoms. The van der Waals surface area contributed by atoms with Gasteiger partial charge in [0.1, 0.15) is 0 Å². The molecule has 25 heavy (non-hydrogen) atoms. The van der Waals surface area contributed by atoms with E-state index >= 15 is 0 Å². The first-order valence-electron chi connectivity index (χ1n) is 9.61. The molecule has 0 aliphatic heterocycles. The van der Waals surface area contributed by atoms with Gasteiger partial charge in [-0.1, -0.05) is 70.4 Å². The molecule has 0 radical (unpaired) electrons. The number of rotatable bonds is 15. The molecule has 2 N–H and O–H groups in total. The van der Waals surface area contributed by atoms with Gasteiger partial charge in [-0.3, -0.25) is 4.79 Å². The number of primary amides is 1. The maximum absolute atomic E-state index is 10.5. The molecule has 0 spiro atoms. The fraction of sp³-hybridized carbons (Fsp3) is 0.800. The van der Waals surface area contributed by atoms with Crippen LogP contribution >= 0.6 is 0 Å².